The summed E-state index contributed by atoms with van der Waals surface area (Å²) in [6.07, 6.45) is 6.19. The van der Waals surface area contributed by atoms with E-state index in [0.29, 0.717) is 13.2 Å². The molecule has 0 spiro atoms. The number of amides is 2. The van der Waals surface area contributed by atoms with Crippen LogP contribution in [0.1, 0.15) is 50.2 Å². The Kier molecular flexibility index (Phi) is 8.77. The van der Waals surface area contributed by atoms with Gasteiger partial charge in [0.2, 0.25) is 0 Å². The molecule has 1 aromatic carbocycles. The summed E-state index contributed by atoms with van der Waals surface area (Å²) in [6, 6.07) is 8.71. The SMILES string of the molecule is COCc1cccc(CNC(=O)NCCCCN2CCCCC2C)c1. The smallest absolute Gasteiger partial charge is 0.315 e. The number of carbonyl (C=O) groups is 1. The van der Waals surface area contributed by atoms with Crippen molar-refractivity contribution in [3.63, 3.8) is 0 Å². The third-order valence-electron chi connectivity index (χ3n) is 4.85. The first kappa shape index (κ1) is 19.7. The van der Waals surface area contributed by atoms with Crippen LogP contribution >= 0.6 is 0 Å². The van der Waals surface area contributed by atoms with Crippen molar-refractivity contribution in [3.8, 4) is 0 Å². The predicted molar refractivity (Wildman–Crippen MR) is 102 cm³/mol. The number of hydrogen-bond donors (Lipinski definition) is 2. The number of nitrogens with zero attached hydrogens (tertiary/aromatic N) is 1. The molecular weight excluding hydrogens is 314 g/mol. The van der Waals surface area contributed by atoms with Crippen LogP contribution < -0.4 is 10.6 Å². The van der Waals surface area contributed by atoms with Gasteiger partial charge < -0.3 is 20.3 Å². The highest BCUT2D eigenvalue weighted by Crippen LogP contribution is 2.16. The Morgan fingerprint density at radius 2 is 2.08 bits per heavy atom. The molecule has 1 atom stereocenters. The Morgan fingerprint density at radius 3 is 2.88 bits per heavy atom. The Balaban J connectivity index is 1.55. The van der Waals surface area contributed by atoms with E-state index in [1.165, 1.54) is 25.8 Å². The number of hydrogen-bond acceptors (Lipinski definition) is 3. The van der Waals surface area contributed by atoms with E-state index in [1.807, 2.05) is 18.2 Å². The van der Waals surface area contributed by atoms with Gasteiger partial charge in [0.15, 0.2) is 0 Å². The van der Waals surface area contributed by atoms with Gasteiger partial charge in [0.25, 0.3) is 0 Å². The molecule has 2 N–H and O–H groups in total. The molecule has 1 fully saturated rings. The largest absolute Gasteiger partial charge is 0.380 e. The summed E-state index contributed by atoms with van der Waals surface area (Å²) in [4.78, 5) is 14.5. The van der Waals surface area contributed by atoms with Crippen LogP contribution in [0.5, 0.6) is 0 Å². The molecule has 1 unspecified atom stereocenters. The van der Waals surface area contributed by atoms with Crippen LogP contribution in [0.2, 0.25) is 0 Å². The second kappa shape index (κ2) is 11.1. The Labute approximate surface area is 152 Å². The van der Waals surface area contributed by atoms with Gasteiger partial charge in [-0.2, -0.15) is 0 Å². The third-order valence-corrected chi connectivity index (χ3v) is 4.85. The first-order valence-electron chi connectivity index (χ1n) is 9.51. The average Bonchev–Trinajstić information content (AvgIpc) is 2.62. The summed E-state index contributed by atoms with van der Waals surface area (Å²) in [6.45, 7) is 6.57. The number of likely N-dealkylation sites (tertiary alicyclic amines) is 1. The zero-order valence-corrected chi connectivity index (χ0v) is 15.7. The van der Waals surface area contributed by atoms with Crippen LogP contribution in [0.4, 0.5) is 4.79 Å². The van der Waals surface area contributed by atoms with E-state index in [9.17, 15) is 4.79 Å². The van der Waals surface area contributed by atoms with Crippen LogP contribution in [0.25, 0.3) is 0 Å². The maximum atomic E-state index is 11.9. The zero-order valence-electron chi connectivity index (χ0n) is 15.7. The monoisotopic (exact) mass is 347 g/mol. The summed E-state index contributed by atoms with van der Waals surface area (Å²) in [5, 5.41) is 5.86. The van der Waals surface area contributed by atoms with Gasteiger partial charge in [0.1, 0.15) is 0 Å². The van der Waals surface area contributed by atoms with Crippen molar-refractivity contribution in [1.29, 1.82) is 0 Å². The summed E-state index contributed by atoms with van der Waals surface area (Å²) in [7, 11) is 1.68. The van der Waals surface area contributed by atoms with Crippen molar-refractivity contribution >= 4 is 6.03 Å². The summed E-state index contributed by atoms with van der Waals surface area (Å²) >= 11 is 0. The van der Waals surface area contributed by atoms with Crippen molar-refractivity contribution in [2.45, 2.75) is 58.2 Å². The van der Waals surface area contributed by atoms with Crippen molar-refractivity contribution in [2.75, 3.05) is 26.7 Å². The van der Waals surface area contributed by atoms with Crippen molar-refractivity contribution in [1.82, 2.24) is 15.5 Å². The fourth-order valence-corrected chi connectivity index (χ4v) is 3.37. The molecule has 1 aromatic rings. The number of urea groups is 1. The molecule has 2 rings (SSSR count). The van der Waals surface area contributed by atoms with Crippen LogP contribution in [0.3, 0.4) is 0 Å². The molecule has 5 heteroatoms. The van der Waals surface area contributed by atoms with Crippen molar-refractivity contribution in [3.05, 3.63) is 35.4 Å². The van der Waals surface area contributed by atoms with Gasteiger partial charge in [-0.1, -0.05) is 30.7 Å². The first-order valence-corrected chi connectivity index (χ1v) is 9.51. The average molecular weight is 348 g/mol. The van der Waals surface area contributed by atoms with E-state index in [-0.39, 0.29) is 6.03 Å². The Bertz CT molecular complexity index is 521. The maximum Gasteiger partial charge on any atom is 0.315 e. The minimum absolute atomic E-state index is 0.0940. The lowest BCUT2D eigenvalue weighted by Crippen LogP contribution is -2.38. The van der Waals surface area contributed by atoms with Gasteiger partial charge in [-0.05, 0) is 56.8 Å². The van der Waals surface area contributed by atoms with Gasteiger partial charge in [-0.15, -0.1) is 0 Å². The van der Waals surface area contributed by atoms with E-state index in [2.05, 4.69) is 28.5 Å². The normalized spacial score (nSPS) is 18.1. The third kappa shape index (κ3) is 7.45. The fraction of sp³-hybridized carbons (Fsp3) is 0.650. The van der Waals surface area contributed by atoms with Crippen molar-refractivity contribution in [2.24, 2.45) is 0 Å². The van der Waals surface area contributed by atoms with Crippen LogP contribution in [0, 0.1) is 0 Å². The van der Waals surface area contributed by atoms with Gasteiger partial charge in [0.05, 0.1) is 6.61 Å². The zero-order chi connectivity index (χ0) is 17.9. The summed E-state index contributed by atoms with van der Waals surface area (Å²) in [5.74, 6) is 0. The highest BCUT2D eigenvalue weighted by atomic mass is 16.5. The van der Waals surface area contributed by atoms with E-state index in [1.54, 1.807) is 7.11 Å². The molecule has 140 valence electrons. The second-order valence-electron chi connectivity index (χ2n) is 6.95. The van der Waals surface area contributed by atoms with E-state index in [4.69, 9.17) is 4.74 Å². The lowest BCUT2D eigenvalue weighted by Gasteiger charge is -2.33. The minimum atomic E-state index is -0.0940. The van der Waals surface area contributed by atoms with Gasteiger partial charge in [0, 0.05) is 26.2 Å². The van der Waals surface area contributed by atoms with Gasteiger partial charge in [-0.25, -0.2) is 4.79 Å². The molecule has 25 heavy (non-hydrogen) atoms. The van der Waals surface area contributed by atoms with E-state index in [0.717, 1.165) is 43.1 Å². The molecule has 0 aromatic heterocycles. The summed E-state index contributed by atoms with van der Waals surface area (Å²) < 4.78 is 5.13. The maximum absolute atomic E-state index is 11.9. The Morgan fingerprint density at radius 1 is 1.24 bits per heavy atom. The molecule has 1 aliphatic rings. The number of rotatable bonds is 9. The number of unbranched alkanes of at least 4 members (excludes halogenated alkanes) is 1. The van der Waals surface area contributed by atoms with Gasteiger partial charge >= 0.3 is 6.03 Å². The molecule has 5 nitrogen and oxygen atoms in total. The lowest BCUT2D eigenvalue weighted by molar-refractivity contribution is 0.158. The van der Waals surface area contributed by atoms with Crippen molar-refractivity contribution < 1.29 is 9.53 Å². The number of nitrogens with one attached hydrogen (secondary N) is 2. The molecule has 0 aliphatic carbocycles. The highest BCUT2D eigenvalue weighted by molar-refractivity contribution is 5.73. The molecular formula is C20H33N3O2. The molecule has 0 bridgehead atoms. The first-order chi connectivity index (χ1) is 12.2. The number of methoxy groups -OCH3 is 1. The molecule has 1 heterocycles. The minimum Gasteiger partial charge on any atom is -0.380 e. The molecule has 2 amide bonds. The molecule has 0 saturated carbocycles. The molecule has 1 aliphatic heterocycles. The standard InChI is InChI=1S/C20H33N3O2/c1-17-8-3-5-12-23(17)13-6-4-11-21-20(24)22-15-18-9-7-10-19(14-18)16-25-2/h7,9-10,14,17H,3-6,8,11-13,15-16H2,1-2H3,(H2,21,22,24). The number of carbonyl (C=O) groups excluding carboxylic acids is 1. The summed E-state index contributed by atoms with van der Waals surface area (Å²) in [5.41, 5.74) is 2.21. The van der Waals surface area contributed by atoms with E-state index >= 15 is 0 Å². The predicted octanol–water partition coefficient (Wildman–Crippen LogP) is 3.29. The van der Waals surface area contributed by atoms with Crippen LogP contribution in [-0.2, 0) is 17.9 Å². The topological polar surface area (TPSA) is 53.6 Å². The van der Waals surface area contributed by atoms with E-state index < -0.39 is 0 Å². The lowest BCUT2D eigenvalue weighted by atomic mass is 10.0. The highest BCUT2D eigenvalue weighted by Gasteiger charge is 2.16. The molecule has 0 radical (unpaired) electrons. The fourth-order valence-electron chi connectivity index (χ4n) is 3.37. The Hall–Kier alpha value is -1.59. The molecule has 1 saturated heterocycles. The number of ether oxygens (including phenoxy) is 1. The van der Waals surface area contributed by atoms with Crippen LogP contribution in [-0.4, -0.2) is 43.7 Å². The number of benzene rings is 1. The van der Waals surface area contributed by atoms with Crippen LogP contribution in [0.15, 0.2) is 24.3 Å². The second-order valence-corrected chi connectivity index (χ2v) is 6.95. The van der Waals surface area contributed by atoms with Gasteiger partial charge in [-0.3, -0.25) is 0 Å². The quantitative estimate of drug-likeness (QED) is 0.674. The number of piperidine rings is 1.